The van der Waals surface area contributed by atoms with E-state index in [1.165, 1.54) is 0 Å². The first-order valence-corrected chi connectivity index (χ1v) is 13.4. The Kier molecular flexibility index (Phi) is 8.38. The summed E-state index contributed by atoms with van der Waals surface area (Å²) in [4.78, 5) is 25.8. The van der Waals surface area contributed by atoms with Gasteiger partial charge in [-0.15, -0.1) is 0 Å². The Morgan fingerprint density at radius 1 is 0.875 bits per heavy atom. The number of ether oxygens (including phenoxy) is 1. The Labute approximate surface area is 238 Å². The number of aromatic nitrogens is 2. The summed E-state index contributed by atoms with van der Waals surface area (Å²) in [6.07, 6.45) is 0.670. The van der Waals surface area contributed by atoms with Gasteiger partial charge in [-0.2, -0.15) is 5.10 Å². The maximum absolute atomic E-state index is 13.3. The summed E-state index contributed by atoms with van der Waals surface area (Å²) < 4.78 is 6.83. The van der Waals surface area contributed by atoms with Crippen LogP contribution in [0.4, 0.5) is 0 Å². The van der Waals surface area contributed by atoms with Crippen molar-refractivity contribution in [3.63, 3.8) is 0 Å². The molecule has 0 saturated carbocycles. The molecule has 1 heterocycles. The Balaban J connectivity index is 1.41. The number of amides is 1. The lowest BCUT2D eigenvalue weighted by Gasteiger charge is -2.20. The van der Waals surface area contributed by atoms with Gasteiger partial charge in [0.05, 0.1) is 24.0 Å². The number of hydrogen-bond donors (Lipinski definition) is 1. The monoisotopic (exact) mass is 549 g/mol. The largest absolute Gasteiger partial charge is 0.461 e. The molecular weight excluding hydrogens is 522 g/mol. The molecule has 1 unspecified atom stereocenters. The molecule has 5 rings (SSSR count). The molecule has 0 aliphatic carbocycles. The quantitative estimate of drug-likeness (QED) is 0.199. The third-order valence-corrected chi connectivity index (χ3v) is 6.75. The standard InChI is InChI=1S/C33H28ClN3O3/c1-2-40-33(39)30-22-31(25-13-17-27(34)18-14-25)37(36-30)28-19-15-26(16-20-28)32(38)35-29(24-11-7-4-8-12-24)21-23-9-5-3-6-10-23/h3-20,22,29H,2,21H2,1H3,(H,35,38). The smallest absolute Gasteiger partial charge is 0.358 e. The van der Waals surface area contributed by atoms with E-state index in [2.05, 4.69) is 22.5 Å². The van der Waals surface area contributed by atoms with Gasteiger partial charge in [-0.3, -0.25) is 4.79 Å². The fraction of sp³-hybridized carbons (Fsp3) is 0.121. The van der Waals surface area contributed by atoms with E-state index in [-0.39, 0.29) is 24.2 Å². The molecular formula is C33H28ClN3O3. The highest BCUT2D eigenvalue weighted by Crippen LogP contribution is 2.26. The van der Waals surface area contributed by atoms with Crippen LogP contribution >= 0.6 is 11.6 Å². The molecule has 6 nitrogen and oxygen atoms in total. The topological polar surface area (TPSA) is 73.2 Å². The summed E-state index contributed by atoms with van der Waals surface area (Å²) in [5.41, 5.74) is 5.11. The Morgan fingerprint density at radius 2 is 1.52 bits per heavy atom. The lowest BCUT2D eigenvalue weighted by molar-refractivity contribution is 0.0518. The molecule has 0 aliphatic rings. The van der Waals surface area contributed by atoms with Crippen molar-refractivity contribution in [1.82, 2.24) is 15.1 Å². The minimum absolute atomic E-state index is 0.179. The molecule has 0 aliphatic heterocycles. The SMILES string of the molecule is CCOC(=O)c1cc(-c2ccc(Cl)cc2)n(-c2ccc(C(=O)NC(Cc3ccccc3)c3ccccc3)cc2)n1. The van der Waals surface area contributed by atoms with Crippen LogP contribution in [0.5, 0.6) is 0 Å². The molecule has 7 heteroatoms. The van der Waals surface area contributed by atoms with Crippen LogP contribution < -0.4 is 5.32 Å². The molecule has 1 aromatic heterocycles. The average molecular weight is 550 g/mol. The van der Waals surface area contributed by atoms with E-state index in [1.807, 2.05) is 72.8 Å². The second kappa shape index (κ2) is 12.5. The molecule has 0 saturated heterocycles. The van der Waals surface area contributed by atoms with Crippen molar-refractivity contribution in [2.24, 2.45) is 0 Å². The van der Waals surface area contributed by atoms with Gasteiger partial charge in [0.2, 0.25) is 0 Å². The zero-order valence-electron chi connectivity index (χ0n) is 22.0. The van der Waals surface area contributed by atoms with E-state index in [1.54, 1.807) is 41.9 Å². The van der Waals surface area contributed by atoms with E-state index in [0.717, 1.165) is 16.7 Å². The maximum atomic E-state index is 13.3. The van der Waals surface area contributed by atoms with Crippen molar-refractivity contribution in [2.45, 2.75) is 19.4 Å². The predicted octanol–water partition coefficient (Wildman–Crippen LogP) is 7.08. The first kappa shape index (κ1) is 26.9. The maximum Gasteiger partial charge on any atom is 0.358 e. The van der Waals surface area contributed by atoms with Gasteiger partial charge in [-0.1, -0.05) is 84.4 Å². The first-order chi connectivity index (χ1) is 19.5. The van der Waals surface area contributed by atoms with Crippen molar-refractivity contribution >= 4 is 23.5 Å². The second-order valence-corrected chi connectivity index (χ2v) is 9.66. The van der Waals surface area contributed by atoms with Crippen molar-refractivity contribution in [3.05, 3.63) is 143 Å². The van der Waals surface area contributed by atoms with Gasteiger partial charge in [-0.25, -0.2) is 9.48 Å². The van der Waals surface area contributed by atoms with Crippen LogP contribution in [0.2, 0.25) is 5.02 Å². The number of carbonyl (C=O) groups excluding carboxylic acids is 2. The number of nitrogens with one attached hydrogen (secondary N) is 1. The van der Waals surface area contributed by atoms with Gasteiger partial charge < -0.3 is 10.1 Å². The molecule has 5 aromatic rings. The van der Waals surface area contributed by atoms with Crippen molar-refractivity contribution in [1.29, 1.82) is 0 Å². The number of benzene rings is 4. The van der Waals surface area contributed by atoms with Crippen LogP contribution in [0.3, 0.4) is 0 Å². The lowest BCUT2D eigenvalue weighted by Crippen LogP contribution is -2.30. The van der Waals surface area contributed by atoms with Crippen LogP contribution in [-0.2, 0) is 11.2 Å². The normalized spacial score (nSPS) is 11.6. The Bertz CT molecular complexity index is 1580. The van der Waals surface area contributed by atoms with Crippen molar-refractivity contribution in [3.8, 4) is 16.9 Å². The summed E-state index contributed by atoms with van der Waals surface area (Å²) >= 11 is 6.09. The van der Waals surface area contributed by atoms with Gasteiger partial charge in [0.15, 0.2) is 5.69 Å². The fourth-order valence-electron chi connectivity index (χ4n) is 4.49. The van der Waals surface area contributed by atoms with Crippen LogP contribution in [-0.4, -0.2) is 28.3 Å². The molecule has 200 valence electrons. The van der Waals surface area contributed by atoms with Gasteiger partial charge in [-0.05, 0) is 66.9 Å². The highest BCUT2D eigenvalue weighted by Gasteiger charge is 2.19. The first-order valence-electron chi connectivity index (χ1n) is 13.0. The van der Waals surface area contributed by atoms with E-state index in [4.69, 9.17) is 16.3 Å². The summed E-state index contributed by atoms with van der Waals surface area (Å²) in [7, 11) is 0. The van der Waals surface area contributed by atoms with Crippen molar-refractivity contribution < 1.29 is 14.3 Å². The van der Waals surface area contributed by atoms with E-state index >= 15 is 0 Å². The second-order valence-electron chi connectivity index (χ2n) is 9.23. The van der Waals surface area contributed by atoms with Gasteiger partial charge >= 0.3 is 5.97 Å². The van der Waals surface area contributed by atoms with Crippen LogP contribution in [0, 0.1) is 0 Å². The molecule has 0 spiro atoms. The summed E-state index contributed by atoms with van der Waals surface area (Å²) in [6, 6.07) is 36.0. The number of hydrogen-bond acceptors (Lipinski definition) is 4. The number of nitrogens with zero attached hydrogens (tertiary/aromatic N) is 2. The van der Waals surface area contributed by atoms with E-state index < -0.39 is 5.97 Å². The molecule has 4 aromatic carbocycles. The Hall–Kier alpha value is -4.68. The zero-order valence-corrected chi connectivity index (χ0v) is 22.7. The predicted molar refractivity (Wildman–Crippen MR) is 157 cm³/mol. The minimum Gasteiger partial charge on any atom is -0.461 e. The molecule has 0 fully saturated rings. The highest BCUT2D eigenvalue weighted by atomic mass is 35.5. The summed E-state index contributed by atoms with van der Waals surface area (Å²) in [5, 5.41) is 8.32. The third kappa shape index (κ3) is 6.30. The third-order valence-electron chi connectivity index (χ3n) is 6.50. The minimum atomic E-state index is -0.502. The number of carbonyl (C=O) groups is 2. The van der Waals surface area contributed by atoms with Crippen LogP contribution in [0.15, 0.2) is 115 Å². The summed E-state index contributed by atoms with van der Waals surface area (Å²) in [6.45, 7) is 2.00. The average Bonchev–Trinajstić information content (AvgIpc) is 3.44. The number of rotatable bonds is 9. The van der Waals surface area contributed by atoms with Crippen LogP contribution in [0.1, 0.15) is 44.9 Å². The number of esters is 1. The van der Waals surface area contributed by atoms with Crippen molar-refractivity contribution in [2.75, 3.05) is 6.61 Å². The molecule has 1 N–H and O–H groups in total. The van der Waals surface area contributed by atoms with E-state index in [9.17, 15) is 9.59 Å². The van der Waals surface area contributed by atoms with Gasteiger partial charge in [0, 0.05) is 16.1 Å². The summed E-state index contributed by atoms with van der Waals surface area (Å²) in [5.74, 6) is -0.681. The van der Waals surface area contributed by atoms with Gasteiger partial charge in [0.1, 0.15) is 0 Å². The molecule has 40 heavy (non-hydrogen) atoms. The fourth-order valence-corrected chi connectivity index (χ4v) is 4.62. The van der Waals surface area contributed by atoms with Gasteiger partial charge in [0.25, 0.3) is 5.91 Å². The zero-order chi connectivity index (χ0) is 27.9. The molecule has 0 radical (unpaired) electrons. The Morgan fingerprint density at radius 3 is 2.17 bits per heavy atom. The number of halogens is 1. The van der Waals surface area contributed by atoms with E-state index in [0.29, 0.717) is 28.4 Å². The lowest BCUT2D eigenvalue weighted by atomic mass is 9.98. The molecule has 1 atom stereocenters. The molecule has 1 amide bonds. The van der Waals surface area contributed by atoms with Crippen LogP contribution in [0.25, 0.3) is 16.9 Å². The highest BCUT2D eigenvalue weighted by molar-refractivity contribution is 6.30. The molecule has 0 bridgehead atoms.